The largest absolute Gasteiger partial charge is 0.491 e. The number of likely N-dealkylation sites (N-methyl/N-ethyl adjacent to an activating group) is 1. The number of cyclic esters (lactones) is 1. The first kappa shape index (κ1) is 60.8. The van der Waals surface area contributed by atoms with Gasteiger partial charge in [-0.1, -0.05) is 27.7 Å². The lowest BCUT2D eigenvalue weighted by Gasteiger charge is -2.50. The smallest absolute Gasteiger partial charge is 0.311 e. The lowest BCUT2D eigenvalue weighted by Crippen LogP contribution is -2.61. The van der Waals surface area contributed by atoms with Gasteiger partial charge in [0.2, 0.25) is 5.91 Å². The third-order valence-corrected chi connectivity index (χ3v) is 16.1. The van der Waals surface area contributed by atoms with Gasteiger partial charge >= 0.3 is 5.97 Å². The summed E-state index contributed by atoms with van der Waals surface area (Å²) < 4.78 is 55.8. The number of nitrogens with one attached hydrogen (secondary N) is 1. The van der Waals surface area contributed by atoms with Gasteiger partial charge in [-0.05, 0) is 92.1 Å². The number of nitrogens with zero attached hydrogens (tertiary/aromatic N) is 2. The molecule has 19 atom stereocenters. The van der Waals surface area contributed by atoms with Crippen LogP contribution in [0.2, 0.25) is 0 Å². The Bertz CT molecular complexity index is 1910. The van der Waals surface area contributed by atoms with Crippen molar-refractivity contribution in [2.45, 2.75) is 192 Å². The van der Waals surface area contributed by atoms with Gasteiger partial charge < -0.3 is 83.3 Å². The zero-order valence-electron chi connectivity index (χ0n) is 45.6. The van der Waals surface area contributed by atoms with Gasteiger partial charge in [0.1, 0.15) is 48.2 Å². The second kappa shape index (κ2) is 26.3. The van der Waals surface area contributed by atoms with Crippen molar-refractivity contribution in [2.75, 3.05) is 72.2 Å². The average molecular weight is 1040 g/mol. The Morgan fingerprint density at radius 3 is 2.16 bits per heavy atom. The first-order valence-corrected chi connectivity index (χ1v) is 26.2. The molecule has 4 saturated heterocycles. The molecule has 4 aliphatic heterocycles. The molecule has 0 aromatic heterocycles. The molecule has 6 N–H and O–H groups in total. The average Bonchev–Trinajstić information content (AvgIpc) is 3.37. The normalized spacial score (nSPS) is 39.9. The molecule has 1 amide bonds. The predicted octanol–water partition coefficient (Wildman–Crippen LogP) is 2.59. The van der Waals surface area contributed by atoms with E-state index >= 15 is 0 Å². The maximum Gasteiger partial charge on any atom is 0.311 e. The summed E-state index contributed by atoms with van der Waals surface area (Å²) in [5.74, 6) is -4.61. The van der Waals surface area contributed by atoms with E-state index in [-0.39, 0.29) is 57.1 Å². The van der Waals surface area contributed by atoms with Crippen molar-refractivity contribution < 1.29 is 82.5 Å². The molecule has 4 heterocycles. The highest BCUT2D eigenvalue weighted by molar-refractivity contribution is 5.83. The molecule has 0 radical (unpaired) electrons. The maximum absolute atomic E-state index is 14.4. The summed E-state index contributed by atoms with van der Waals surface area (Å²) in [6.07, 6.45) is -11.1. The molecule has 20 nitrogen and oxygen atoms in total. The number of amides is 1. The standard InChI is InChI=1S/C53H89N3O17/c1-14-40-53(10,64)46(61)32(4)43(59)30(2)26-52(9,66-13)48(33(5)45(34(6)49(63)71-40)72-42-27-51(8,65-12)47(62)35(7)70-42)73-50-44(60)39(25-31(3)69-50)55(11)20-19-41(58)54-28-37(57)29-68-38-17-15-36(16-18-38)56-21-23-67-24-22-56/h15-18,30-35,37,39-40,42,44-48,50,57,60-62,64H,14,19-29H2,1-13H3,(H,54,58)/t30-,31-,32+,33+,34-,35+,37+,39+,40-,42+,44-,45+,46-,47+,48-,50-,51-,52-,53-/m1/s1. The summed E-state index contributed by atoms with van der Waals surface area (Å²) >= 11 is 0. The summed E-state index contributed by atoms with van der Waals surface area (Å²) in [6, 6.07) is 7.07. The Morgan fingerprint density at radius 2 is 1.55 bits per heavy atom. The van der Waals surface area contributed by atoms with E-state index in [1.54, 1.807) is 55.5 Å². The van der Waals surface area contributed by atoms with Crippen molar-refractivity contribution in [3.63, 3.8) is 0 Å². The molecular formula is C53H89N3O17. The summed E-state index contributed by atoms with van der Waals surface area (Å²) in [5.41, 5.74) is -3.41. The summed E-state index contributed by atoms with van der Waals surface area (Å²) in [6.45, 7) is 20.0. The van der Waals surface area contributed by atoms with Crippen LogP contribution >= 0.6 is 0 Å². The minimum atomic E-state index is -2.02. The SMILES string of the molecule is CC[C@H]1OC(=O)[C@H](C)[C@@H](O[C@H]2C[C@@](C)(OC)[C@@H](O)[C@H](C)O2)[C@H](C)[C@@H](O[C@H]2O[C@H](C)C[C@H](N(C)CCC(=O)NC[C@H](O)COc3ccc(N4CCOCC4)cc3)[C@H]2O)[C@](C)(OC)C[C@@H](C)C(=O)[C@H](C)[C@@H](O)[C@]1(C)O. The lowest BCUT2D eigenvalue weighted by atomic mass is 9.74. The van der Waals surface area contributed by atoms with Crippen LogP contribution in [0.25, 0.3) is 0 Å². The molecule has 1 aromatic rings. The Balaban J connectivity index is 1.35. The number of benzene rings is 1. The van der Waals surface area contributed by atoms with E-state index in [2.05, 4.69) is 10.2 Å². The van der Waals surface area contributed by atoms with Crippen LogP contribution in [0.4, 0.5) is 5.69 Å². The van der Waals surface area contributed by atoms with Crippen LogP contribution in [0.3, 0.4) is 0 Å². The highest BCUT2D eigenvalue weighted by Gasteiger charge is 2.54. The van der Waals surface area contributed by atoms with E-state index in [1.807, 2.05) is 36.1 Å². The van der Waals surface area contributed by atoms with Crippen molar-refractivity contribution in [2.24, 2.45) is 23.7 Å². The Kier molecular flexibility index (Phi) is 21.9. The number of esters is 1. The molecular weight excluding hydrogens is 951 g/mol. The van der Waals surface area contributed by atoms with Crippen LogP contribution in [0, 0.1) is 23.7 Å². The number of ketones is 1. The molecule has 418 valence electrons. The molecule has 0 saturated carbocycles. The van der Waals surface area contributed by atoms with Gasteiger partial charge in [0.05, 0.1) is 60.9 Å². The quantitative estimate of drug-likeness (QED) is 0.123. The zero-order chi connectivity index (χ0) is 54.2. The van der Waals surface area contributed by atoms with Crippen LogP contribution < -0.4 is 15.0 Å². The second-order valence-electron chi connectivity index (χ2n) is 21.8. The number of carbonyl (C=O) groups excluding carboxylic acids is 3. The van der Waals surface area contributed by atoms with Gasteiger partial charge in [-0.2, -0.15) is 0 Å². The molecule has 0 aliphatic carbocycles. The summed E-state index contributed by atoms with van der Waals surface area (Å²) in [7, 11) is 4.75. The number of Topliss-reactive ketones (excluding diaryl/α,β-unsaturated/α-hetero) is 1. The maximum atomic E-state index is 14.4. The van der Waals surface area contributed by atoms with Crippen molar-refractivity contribution in [1.82, 2.24) is 10.2 Å². The Hall–Kier alpha value is -3.09. The summed E-state index contributed by atoms with van der Waals surface area (Å²) in [4.78, 5) is 45.9. The number of aliphatic hydroxyl groups is 5. The molecule has 1 aromatic carbocycles. The van der Waals surface area contributed by atoms with E-state index < -0.39 is 120 Å². The molecule has 0 bridgehead atoms. The molecule has 0 spiro atoms. The molecule has 73 heavy (non-hydrogen) atoms. The number of hydrogen-bond donors (Lipinski definition) is 6. The Labute approximate surface area is 432 Å². The molecule has 5 rings (SSSR count). The fourth-order valence-corrected chi connectivity index (χ4v) is 11.1. The number of carbonyl (C=O) groups is 3. The van der Waals surface area contributed by atoms with E-state index in [4.69, 9.17) is 42.6 Å². The third-order valence-electron chi connectivity index (χ3n) is 16.1. The first-order valence-electron chi connectivity index (χ1n) is 26.2. The highest BCUT2D eigenvalue weighted by Crippen LogP contribution is 2.42. The van der Waals surface area contributed by atoms with E-state index in [1.165, 1.54) is 28.1 Å². The number of aliphatic hydroxyl groups excluding tert-OH is 4. The van der Waals surface area contributed by atoms with E-state index in [0.29, 0.717) is 25.4 Å². The van der Waals surface area contributed by atoms with Crippen molar-refractivity contribution in [3.8, 4) is 5.75 Å². The van der Waals surface area contributed by atoms with Crippen LogP contribution in [0.1, 0.15) is 101 Å². The van der Waals surface area contributed by atoms with Gasteiger partial charge in [-0.3, -0.25) is 14.4 Å². The number of morpholine rings is 1. The van der Waals surface area contributed by atoms with Crippen LogP contribution in [0.15, 0.2) is 24.3 Å². The number of rotatable bonds is 17. The summed E-state index contributed by atoms with van der Waals surface area (Å²) in [5, 5.41) is 60.1. The van der Waals surface area contributed by atoms with Crippen LogP contribution in [0.5, 0.6) is 5.75 Å². The minimum absolute atomic E-state index is 0.0207. The third kappa shape index (κ3) is 14.9. The Morgan fingerprint density at radius 1 is 0.904 bits per heavy atom. The zero-order valence-corrected chi connectivity index (χ0v) is 45.6. The lowest BCUT2D eigenvalue weighted by molar-refractivity contribution is -0.319. The topological polar surface area (TPSA) is 254 Å². The van der Waals surface area contributed by atoms with Gasteiger partial charge in [-0.25, -0.2) is 0 Å². The number of hydrogen-bond acceptors (Lipinski definition) is 19. The van der Waals surface area contributed by atoms with Crippen molar-refractivity contribution in [1.29, 1.82) is 0 Å². The second-order valence-corrected chi connectivity index (χ2v) is 21.8. The van der Waals surface area contributed by atoms with Crippen molar-refractivity contribution in [3.05, 3.63) is 24.3 Å². The number of anilines is 1. The molecule has 20 heteroatoms. The first-order chi connectivity index (χ1) is 34.3. The number of methoxy groups -OCH3 is 2. The monoisotopic (exact) mass is 1040 g/mol. The fraction of sp³-hybridized carbons (Fsp3) is 0.830. The van der Waals surface area contributed by atoms with Crippen LogP contribution in [-0.4, -0.2) is 206 Å². The fourth-order valence-electron chi connectivity index (χ4n) is 11.1. The molecule has 4 fully saturated rings. The van der Waals surface area contributed by atoms with Gasteiger partial charge in [0.25, 0.3) is 0 Å². The highest BCUT2D eigenvalue weighted by atomic mass is 16.7. The van der Waals surface area contributed by atoms with Gasteiger partial charge in [-0.15, -0.1) is 0 Å². The number of ether oxygens (including phenoxy) is 9. The van der Waals surface area contributed by atoms with E-state index in [0.717, 1.165) is 18.8 Å². The van der Waals surface area contributed by atoms with Crippen LogP contribution in [-0.2, 0) is 52.3 Å². The van der Waals surface area contributed by atoms with Gasteiger partial charge in [0.15, 0.2) is 12.6 Å². The van der Waals surface area contributed by atoms with Gasteiger partial charge in [0, 0.05) is 82.7 Å². The van der Waals surface area contributed by atoms with E-state index in [9.17, 15) is 39.9 Å². The molecule has 0 unspecified atom stereocenters. The predicted molar refractivity (Wildman–Crippen MR) is 269 cm³/mol. The molecule has 4 aliphatic rings. The minimum Gasteiger partial charge on any atom is -0.491 e. The van der Waals surface area contributed by atoms with Crippen molar-refractivity contribution >= 4 is 23.3 Å².